The largest absolute Gasteiger partial charge is 0.331 e. The lowest BCUT2D eigenvalue weighted by Crippen LogP contribution is -2.36. The van der Waals surface area contributed by atoms with Crippen LogP contribution in [0.2, 0.25) is 0 Å². The van der Waals surface area contributed by atoms with Gasteiger partial charge in [0, 0.05) is 20.3 Å². The van der Waals surface area contributed by atoms with Gasteiger partial charge in [-0.1, -0.05) is 6.07 Å². The number of nitrogens with one attached hydrogen (secondary N) is 1. The normalized spacial score (nSPS) is 10.9. The van der Waals surface area contributed by atoms with Gasteiger partial charge in [0.05, 0.1) is 10.3 Å². The lowest BCUT2D eigenvalue weighted by molar-refractivity contribution is 0.103. The van der Waals surface area contributed by atoms with Crippen LogP contribution in [-0.4, -0.2) is 20.0 Å². The number of carbonyl (C=O) groups excluding carboxylic acids is 1. The van der Waals surface area contributed by atoms with Crippen molar-refractivity contribution >= 4 is 33.3 Å². The summed E-state index contributed by atoms with van der Waals surface area (Å²) in [5.41, 5.74) is 0.159. The van der Waals surface area contributed by atoms with Gasteiger partial charge in [0.15, 0.2) is 0 Å². The van der Waals surface area contributed by atoms with Gasteiger partial charge in [0.1, 0.15) is 10.6 Å². The van der Waals surface area contributed by atoms with E-state index in [0.29, 0.717) is 20.9 Å². The predicted molar refractivity (Wildman–Crippen MR) is 89.2 cm³/mol. The summed E-state index contributed by atoms with van der Waals surface area (Å²) in [6, 6.07) is 5.05. The molecule has 0 aliphatic carbocycles. The van der Waals surface area contributed by atoms with Gasteiger partial charge in [-0.2, -0.15) is 0 Å². The predicted octanol–water partition coefficient (Wildman–Crippen LogP) is 1.25. The molecule has 3 rings (SSSR count). The average Bonchev–Trinajstić information content (AvgIpc) is 2.98. The summed E-state index contributed by atoms with van der Waals surface area (Å²) >= 11 is 1.10. The maximum atomic E-state index is 12.3. The van der Waals surface area contributed by atoms with Crippen LogP contribution in [0.1, 0.15) is 15.2 Å². The summed E-state index contributed by atoms with van der Waals surface area (Å²) in [5.74, 6) is 0.0666. The van der Waals surface area contributed by atoms with Crippen LogP contribution < -0.4 is 16.6 Å². The maximum Gasteiger partial charge on any atom is 0.331 e. The fourth-order valence-electron chi connectivity index (χ4n) is 2.19. The summed E-state index contributed by atoms with van der Waals surface area (Å²) in [4.78, 5) is 41.3. The number of thiophene rings is 1. The van der Waals surface area contributed by atoms with Gasteiger partial charge in [-0.25, -0.2) is 9.78 Å². The number of pyridine rings is 1. The van der Waals surface area contributed by atoms with E-state index in [1.165, 1.54) is 17.7 Å². The molecule has 0 bridgehead atoms. The van der Waals surface area contributed by atoms with Gasteiger partial charge in [-0.3, -0.25) is 18.7 Å². The Labute approximate surface area is 134 Å². The van der Waals surface area contributed by atoms with Gasteiger partial charge >= 0.3 is 5.69 Å². The average molecular weight is 330 g/mol. The first-order valence-electron chi connectivity index (χ1n) is 6.82. The molecule has 0 aliphatic heterocycles. The molecule has 8 heteroatoms. The minimum Gasteiger partial charge on any atom is -0.306 e. The minimum absolute atomic E-state index is 0.348. The first-order valence-corrected chi connectivity index (χ1v) is 7.63. The second kappa shape index (κ2) is 5.47. The molecule has 23 heavy (non-hydrogen) atoms. The van der Waals surface area contributed by atoms with Crippen molar-refractivity contribution < 1.29 is 4.79 Å². The van der Waals surface area contributed by atoms with E-state index in [9.17, 15) is 14.4 Å². The van der Waals surface area contributed by atoms with Crippen LogP contribution in [0, 0.1) is 6.92 Å². The van der Waals surface area contributed by atoms with E-state index in [-0.39, 0.29) is 5.91 Å². The third-order valence-corrected chi connectivity index (χ3v) is 4.71. The Morgan fingerprint density at radius 2 is 1.96 bits per heavy atom. The number of rotatable bonds is 2. The zero-order valence-corrected chi connectivity index (χ0v) is 13.6. The molecule has 0 fully saturated rings. The zero-order valence-electron chi connectivity index (χ0n) is 12.8. The standard InChI is InChI=1S/C15H14N4O3S/c1-8-4-5-11(16-7-8)17-12(20)10-6-9-13(21)18(2)15(22)19(3)14(9)23-10/h4-7H,1-3H3,(H,16,17,20). The van der Waals surface area contributed by atoms with E-state index in [2.05, 4.69) is 10.3 Å². The van der Waals surface area contributed by atoms with Gasteiger partial charge in [-0.15, -0.1) is 11.3 Å². The number of amides is 1. The van der Waals surface area contributed by atoms with Gasteiger partial charge in [0.2, 0.25) is 0 Å². The van der Waals surface area contributed by atoms with Crippen LogP contribution in [0.4, 0.5) is 5.82 Å². The van der Waals surface area contributed by atoms with Crippen molar-refractivity contribution in [2.24, 2.45) is 14.1 Å². The molecule has 3 aromatic rings. The Morgan fingerprint density at radius 1 is 1.22 bits per heavy atom. The van der Waals surface area contributed by atoms with Crippen LogP contribution in [0.15, 0.2) is 34.0 Å². The van der Waals surface area contributed by atoms with Crippen molar-refractivity contribution in [2.75, 3.05) is 5.32 Å². The topological polar surface area (TPSA) is 86.0 Å². The number of fused-ring (bicyclic) bond motifs is 1. The number of anilines is 1. The van der Waals surface area contributed by atoms with Crippen molar-refractivity contribution in [3.8, 4) is 0 Å². The molecule has 0 atom stereocenters. The smallest absolute Gasteiger partial charge is 0.306 e. The first-order chi connectivity index (χ1) is 10.9. The van der Waals surface area contributed by atoms with E-state index < -0.39 is 11.2 Å². The second-order valence-corrected chi connectivity index (χ2v) is 6.24. The molecule has 3 aromatic heterocycles. The number of aromatic nitrogens is 3. The van der Waals surface area contributed by atoms with Crippen molar-refractivity contribution in [3.63, 3.8) is 0 Å². The third kappa shape index (κ3) is 2.57. The van der Waals surface area contributed by atoms with E-state index in [1.54, 1.807) is 19.3 Å². The van der Waals surface area contributed by atoms with Crippen LogP contribution >= 0.6 is 11.3 Å². The SMILES string of the molecule is Cc1ccc(NC(=O)c2cc3c(=O)n(C)c(=O)n(C)c3s2)nc1. The summed E-state index contributed by atoms with van der Waals surface area (Å²) in [7, 11) is 2.99. The molecule has 3 heterocycles. The number of aryl methyl sites for hydroxylation is 2. The number of nitrogens with zero attached hydrogens (tertiary/aromatic N) is 3. The van der Waals surface area contributed by atoms with Crippen molar-refractivity contribution in [1.82, 2.24) is 14.1 Å². The molecule has 0 unspecified atom stereocenters. The molecule has 0 saturated heterocycles. The monoisotopic (exact) mass is 330 g/mol. The fourth-order valence-corrected chi connectivity index (χ4v) is 3.19. The molecule has 118 valence electrons. The van der Waals surface area contributed by atoms with Crippen molar-refractivity contribution in [2.45, 2.75) is 6.92 Å². The summed E-state index contributed by atoms with van der Waals surface area (Å²) in [6.07, 6.45) is 1.65. The zero-order chi connectivity index (χ0) is 16.7. The van der Waals surface area contributed by atoms with Crippen molar-refractivity contribution in [1.29, 1.82) is 0 Å². The highest BCUT2D eigenvalue weighted by Crippen LogP contribution is 2.22. The van der Waals surface area contributed by atoms with Gasteiger partial charge < -0.3 is 5.32 Å². The molecule has 0 aromatic carbocycles. The quantitative estimate of drug-likeness (QED) is 0.766. The van der Waals surface area contributed by atoms with Crippen LogP contribution in [0.25, 0.3) is 10.2 Å². The van der Waals surface area contributed by atoms with Crippen LogP contribution in [0.5, 0.6) is 0 Å². The Kier molecular flexibility index (Phi) is 3.61. The summed E-state index contributed by atoms with van der Waals surface area (Å²) < 4.78 is 2.39. The lowest BCUT2D eigenvalue weighted by Gasteiger charge is -2.02. The van der Waals surface area contributed by atoms with E-state index in [1.807, 2.05) is 13.0 Å². The Morgan fingerprint density at radius 3 is 2.61 bits per heavy atom. The maximum absolute atomic E-state index is 12.3. The third-order valence-electron chi connectivity index (χ3n) is 3.50. The molecule has 1 amide bonds. The Bertz CT molecular complexity index is 1030. The highest BCUT2D eigenvalue weighted by molar-refractivity contribution is 7.20. The second-order valence-electron chi connectivity index (χ2n) is 5.21. The lowest BCUT2D eigenvalue weighted by atomic mass is 10.3. The molecule has 1 N–H and O–H groups in total. The first kappa shape index (κ1) is 15.2. The molecular formula is C15H14N4O3S. The Balaban J connectivity index is 2.04. The molecule has 0 saturated carbocycles. The summed E-state index contributed by atoms with van der Waals surface area (Å²) in [5, 5.41) is 3.03. The van der Waals surface area contributed by atoms with Gasteiger partial charge in [-0.05, 0) is 24.6 Å². The Hall–Kier alpha value is -2.74. The van der Waals surface area contributed by atoms with Crippen molar-refractivity contribution in [3.05, 3.63) is 55.7 Å². The summed E-state index contributed by atoms with van der Waals surface area (Å²) in [6.45, 7) is 1.90. The van der Waals surface area contributed by atoms with E-state index >= 15 is 0 Å². The molecule has 0 radical (unpaired) electrons. The molecular weight excluding hydrogens is 316 g/mol. The molecule has 7 nitrogen and oxygen atoms in total. The number of hydrogen-bond donors (Lipinski definition) is 1. The van der Waals surface area contributed by atoms with Crippen LogP contribution in [-0.2, 0) is 14.1 Å². The highest BCUT2D eigenvalue weighted by atomic mass is 32.1. The highest BCUT2D eigenvalue weighted by Gasteiger charge is 2.16. The van der Waals surface area contributed by atoms with E-state index in [0.717, 1.165) is 21.5 Å². The van der Waals surface area contributed by atoms with Crippen LogP contribution in [0.3, 0.4) is 0 Å². The van der Waals surface area contributed by atoms with E-state index in [4.69, 9.17) is 0 Å². The van der Waals surface area contributed by atoms with Gasteiger partial charge in [0.25, 0.3) is 11.5 Å². The fraction of sp³-hybridized carbons (Fsp3) is 0.200. The molecule has 0 aliphatic rings. The number of carbonyl (C=O) groups is 1. The molecule has 0 spiro atoms. The minimum atomic E-state index is -0.420. The number of hydrogen-bond acceptors (Lipinski definition) is 5.